The van der Waals surface area contributed by atoms with E-state index in [1.54, 1.807) is 0 Å². The average molecular weight is 363 g/mol. The highest BCUT2D eigenvalue weighted by Crippen LogP contribution is 2.23. The molecule has 0 fully saturated rings. The van der Waals surface area contributed by atoms with Gasteiger partial charge in [-0.1, -0.05) is 29.8 Å². The van der Waals surface area contributed by atoms with E-state index in [2.05, 4.69) is 63.4 Å². The molecule has 0 spiro atoms. The first-order valence-corrected chi connectivity index (χ1v) is 8.36. The first kappa shape index (κ1) is 16.7. The summed E-state index contributed by atoms with van der Waals surface area (Å²) in [4.78, 5) is 8.97. The number of halogens is 1. The Morgan fingerprint density at radius 2 is 1.91 bits per heavy atom. The van der Waals surface area contributed by atoms with Gasteiger partial charge in [-0.15, -0.1) is 0 Å². The van der Waals surface area contributed by atoms with Gasteiger partial charge in [0.15, 0.2) is 0 Å². The zero-order valence-electron chi connectivity index (χ0n) is 13.6. The Labute approximate surface area is 140 Å². The first-order valence-electron chi connectivity index (χ1n) is 7.57. The molecule has 0 atom stereocenters. The summed E-state index contributed by atoms with van der Waals surface area (Å²) in [5.41, 5.74) is 3.15. The monoisotopic (exact) mass is 362 g/mol. The summed E-state index contributed by atoms with van der Waals surface area (Å²) in [5, 5.41) is 6.63. The lowest BCUT2D eigenvalue weighted by molar-refractivity contribution is 0.606. The molecular weight excluding hydrogens is 340 g/mol. The highest BCUT2D eigenvalue weighted by Gasteiger charge is 2.04. The van der Waals surface area contributed by atoms with Crippen LogP contribution in [0.3, 0.4) is 0 Å². The molecule has 0 bridgehead atoms. The summed E-state index contributed by atoms with van der Waals surface area (Å²) in [6.07, 6.45) is 1.10. The molecule has 2 aromatic rings. The van der Waals surface area contributed by atoms with Crippen molar-refractivity contribution in [1.29, 1.82) is 0 Å². The van der Waals surface area contributed by atoms with Crippen LogP contribution in [0.4, 0.5) is 17.5 Å². The van der Waals surface area contributed by atoms with E-state index >= 15 is 0 Å². The smallest absolute Gasteiger partial charge is 0.224 e. The van der Waals surface area contributed by atoms with Crippen molar-refractivity contribution in [2.45, 2.75) is 34.1 Å². The lowest BCUT2D eigenvalue weighted by atomic mass is 10.1. The molecule has 0 aliphatic rings. The van der Waals surface area contributed by atoms with Gasteiger partial charge in [0, 0.05) is 28.5 Å². The van der Waals surface area contributed by atoms with Crippen LogP contribution in [0, 0.1) is 19.8 Å². The van der Waals surface area contributed by atoms with Gasteiger partial charge in [0.1, 0.15) is 5.82 Å². The number of nitrogens with one attached hydrogen (secondary N) is 2. The highest BCUT2D eigenvalue weighted by atomic mass is 79.9. The molecule has 4 nitrogen and oxygen atoms in total. The summed E-state index contributed by atoms with van der Waals surface area (Å²) in [6, 6.07) is 8.10. The zero-order chi connectivity index (χ0) is 16.1. The first-order chi connectivity index (χ1) is 10.4. The second-order valence-electron chi connectivity index (χ2n) is 5.92. The van der Waals surface area contributed by atoms with Gasteiger partial charge in [0.2, 0.25) is 5.95 Å². The van der Waals surface area contributed by atoms with Gasteiger partial charge in [-0.2, -0.15) is 4.98 Å². The van der Waals surface area contributed by atoms with E-state index in [9.17, 15) is 0 Å². The van der Waals surface area contributed by atoms with Gasteiger partial charge in [0.05, 0.1) is 0 Å². The Bertz CT molecular complexity index is 641. The molecule has 0 saturated heterocycles. The van der Waals surface area contributed by atoms with Crippen LogP contribution in [0.5, 0.6) is 0 Å². The zero-order valence-corrected chi connectivity index (χ0v) is 15.2. The second-order valence-corrected chi connectivity index (χ2v) is 6.77. The largest absolute Gasteiger partial charge is 0.354 e. The Kier molecular flexibility index (Phi) is 5.77. The number of benzene rings is 1. The van der Waals surface area contributed by atoms with E-state index in [4.69, 9.17) is 0 Å². The van der Waals surface area contributed by atoms with Crippen molar-refractivity contribution in [2.75, 3.05) is 17.2 Å². The Morgan fingerprint density at radius 3 is 2.59 bits per heavy atom. The predicted octanol–water partition coefficient (Wildman–Crippen LogP) is 5.06. The van der Waals surface area contributed by atoms with Gasteiger partial charge in [-0.05, 0) is 49.9 Å². The minimum atomic E-state index is 0.667. The van der Waals surface area contributed by atoms with E-state index in [0.717, 1.165) is 34.6 Å². The maximum atomic E-state index is 4.53. The predicted molar refractivity (Wildman–Crippen MR) is 96.9 cm³/mol. The Morgan fingerprint density at radius 1 is 1.14 bits per heavy atom. The SMILES string of the molecule is Cc1cc(Nc2ccc(Br)c(C)c2)nc(NCCC(C)C)n1. The third-order valence-corrected chi connectivity index (χ3v) is 4.18. The molecule has 0 aliphatic carbocycles. The number of hydrogen-bond acceptors (Lipinski definition) is 4. The van der Waals surface area contributed by atoms with Crippen LogP contribution in [0.2, 0.25) is 0 Å². The molecule has 0 amide bonds. The molecule has 22 heavy (non-hydrogen) atoms. The van der Waals surface area contributed by atoms with Gasteiger partial charge >= 0.3 is 0 Å². The fourth-order valence-electron chi connectivity index (χ4n) is 2.05. The van der Waals surface area contributed by atoms with Gasteiger partial charge in [-0.25, -0.2) is 4.98 Å². The number of anilines is 3. The van der Waals surface area contributed by atoms with E-state index in [-0.39, 0.29) is 0 Å². The van der Waals surface area contributed by atoms with E-state index in [0.29, 0.717) is 11.9 Å². The topological polar surface area (TPSA) is 49.8 Å². The standard InChI is InChI=1S/C17H23BrN4/c1-11(2)7-8-19-17-20-13(4)10-16(22-17)21-14-5-6-15(18)12(3)9-14/h5-6,9-11H,7-8H2,1-4H3,(H2,19,20,21,22). The summed E-state index contributed by atoms with van der Waals surface area (Å²) in [5.74, 6) is 2.15. The maximum Gasteiger partial charge on any atom is 0.224 e. The molecule has 0 aliphatic heterocycles. The van der Waals surface area contributed by atoms with Crippen molar-refractivity contribution in [2.24, 2.45) is 5.92 Å². The van der Waals surface area contributed by atoms with Crippen molar-refractivity contribution in [1.82, 2.24) is 9.97 Å². The summed E-state index contributed by atoms with van der Waals surface area (Å²) in [6.45, 7) is 9.36. The van der Waals surface area contributed by atoms with E-state index < -0.39 is 0 Å². The lowest BCUT2D eigenvalue weighted by Crippen LogP contribution is -2.09. The Hall–Kier alpha value is -1.62. The van der Waals surface area contributed by atoms with Crippen LogP contribution >= 0.6 is 15.9 Å². The molecular formula is C17H23BrN4. The van der Waals surface area contributed by atoms with Gasteiger partial charge in [-0.3, -0.25) is 0 Å². The molecule has 1 aromatic carbocycles. The number of aryl methyl sites for hydroxylation is 2. The van der Waals surface area contributed by atoms with E-state index in [1.807, 2.05) is 25.1 Å². The van der Waals surface area contributed by atoms with Crippen molar-refractivity contribution in [3.8, 4) is 0 Å². The highest BCUT2D eigenvalue weighted by molar-refractivity contribution is 9.10. The van der Waals surface area contributed by atoms with Crippen molar-refractivity contribution in [3.63, 3.8) is 0 Å². The van der Waals surface area contributed by atoms with Crippen LogP contribution in [0.1, 0.15) is 31.5 Å². The van der Waals surface area contributed by atoms with E-state index in [1.165, 1.54) is 5.56 Å². The number of hydrogen-bond donors (Lipinski definition) is 2. The molecule has 5 heteroatoms. The third kappa shape index (κ3) is 4.98. The molecule has 2 rings (SSSR count). The maximum absolute atomic E-state index is 4.53. The Balaban J connectivity index is 2.10. The normalized spacial score (nSPS) is 10.8. The molecule has 118 valence electrons. The molecule has 1 aromatic heterocycles. The summed E-state index contributed by atoms with van der Waals surface area (Å²) in [7, 11) is 0. The van der Waals surface area contributed by atoms with Crippen LogP contribution in [-0.4, -0.2) is 16.5 Å². The fourth-order valence-corrected chi connectivity index (χ4v) is 2.30. The van der Waals surface area contributed by atoms with Crippen LogP contribution in [0.15, 0.2) is 28.7 Å². The molecule has 1 heterocycles. The summed E-state index contributed by atoms with van der Waals surface area (Å²) >= 11 is 3.51. The van der Waals surface area contributed by atoms with Crippen LogP contribution in [-0.2, 0) is 0 Å². The quantitative estimate of drug-likeness (QED) is 0.753. The van der Waals surface area contributed by atoms with Crippen molar-refractivity contribution < 1.29 is 0 Å². The summed E-state index contributed by atoms with van der Waals surface area (Å²) < 4.78 is 1.10. The number of aromatic nitrogens is 2. The fraction of sp³-hybridized carbons (Fsp3) is 0.412. The average Bonchev–Trinajstić information content (AvgIpc) is 2.42. The molecule has 2 N–H and O–H groups in total. The molecule has 0 unspecified atom stereocenters. The minimum absolute atomic E-state index is 0.667. The van der Waals surface area contributed by atoms with Crippen LogP contribution < -0.4 is 10.6 Å². The third-order valence-electron chi connectivity index (χ3n) is 3.29. The van der Waals surface area contributed by atoms with Crippen LogP contribution in [0.25, 0.3) is 0 Å². The van der Waals surface area contributed by atoms with Crippen molar-refractivity contribution in [3.05, 3.63) is 40.0 Å². The van der Waals surface area contributed by atoms with Crippen molar-refractivity contribution >= 4 is 33.4 Å². The number of nitrogens with zero attached hydrogens (tertiary/aromatic N) is 2. The second kappa shape index (κ2) is 7.58. The van der Waals surface area contributed by atoms with Gasteiger partial charge in [0.25, 0.3) is 0 Å². The van der Waals surface area contributed by atoms with Gasteiger partial charge < -0.3 is 10.6 Å². The lowest BCUT2D eigenvalue weighted by Gasteiger charge is -2.11. The minimum Gasteiger partial charge on any atom is -0.354 e. The number of rotatable bonds is 6. The molecule has 0 radical (unpaired) electrons. The molecule has 0 saturated carbocycles.